The van der Waals surface area contributed by atoms with Crippen molar-refractivity contribution in [1.29, 1.82) is 0 Å². The largest absolute Gasteiger partial charge is 0.472 e. The molecular formula is C81H158O17P2. The zero-order valence-corrected chi connectivity index (χ0v) is 67.6. The van der Waals surface area contributed by atoms with Crippen LogP contribution in [0.1, 0.15) is 415 Å². The minimum absolute atomic E-state index is 0.105. The first-order valence-electron chi connectivity index (χ1n) is 41.8. The van der Waals surface area contributed by atoms with Gasteiger partial charge in [-0.15, -0.1) is 0 Å². The molecule has 0 radical (unpaired) electrons. The SMILES string of the molecule is CCC(C)CCCCCCCCCCCCCCCCC(=O)OC[C@H](COP(=O)(O)OCC(O)COP(=O)(O)OC[C@@H](COC(=O)CCCCCCCCCCC(C)C)OC(=O)CCCCCCCCCCCCC(C)C)OC(=O)CCCCCCCCCCCCCCCCC(C)CC. The van der Waals surface area contributed by atoms with Crippen LogP contribution in [0.2, 0.25) is 0 Å². The van der Waals surface area contributed by atoms with Gasteiger partial charge in [-0.3, -0.25) is 37.3 Å². The van der Waals surface area contributed by atoms with Crippen molar-refractivity contribution < 1.29 is 80.2 Å². The van der Waals surface area contributed by atoms with Gasteiger partial charge in [0.25, 0.3) is 0 Å². The number of carbonyl (C=O) groups excluding carboxylic acids is 4. The fraction of sp³-hybridized carbons (Fsp3) is 0.951. The molecule has 0 amide bonds. The average Bonchev–Trinajstić information content (AvgIpc) is 1.23. The second kappa shape index (κ2) is 70.1. The topological polar surface area (TPSA) is 237 Å². The van der Waals surface area contributed by atoms with Gasteiger partial charge in [-0.25, -0.2) is 9.13 Å². The number of rotatable bonds is 78. The Hall–Kier alpha value is -1.94. The number of phosphoric acid groups is 2. The maximum absolute atomic E-state index is 13.1. The molecule has 0 spiro atoms. The summed E-state index contributed by atoms with van der Waals surface area (Å²) >= 11 is 0. The summed E-state index contributed by atoms with van der Waals surface area (Å²) in [6.45, 7) is 14.3. The van der Waals surface area contributed by atoms with Crippen molar-refractivity contribution in [1.82, 2.24) is 0 Å². The first kappa shape index (κ1) is 98.1. The zero-order valence-electron chi connectivity index (χ0n) is 65.8. The van der Waals surface area contributed by atoms with Crippen LogP contribution in [0.15, 0.2) is 0 Å². The highest BCUT2D eigenvalue weighted by atomic mass is 31.2. The molecule has 0 saturated heterocycles. The second-order valence-corrected chi connectivity index (χ2v) is 33.5. The highest BCUT2D eigenvalue weighted by molar-refractivity contribution is 7.47. The predicted octanol–water partition coefficient (Wildman–Crippen LogP) is 24.0. The molecule has 0 rings (SSSR count). The van der Waals surface area contributed by atoms with Gasteiger partial charge in [0.15, 0.2) is 12.2 Å². The van der Waals surface area contributed by atoms with Gasteiger partial charge in [0.05, 0.1) is 26.4 Å². The van der Waals surface area contributed by atoms with Gasteiger partial charge in [0.2, 0.25) is 0 Å². The Bertz CT molecular complexity index is 1960. The van der Waals surface area contributed by atoms with E-state index in [1.807, 2.05) is 0 Å². The van der Waals surface area contributed by atoms with Crippen LogP contribution in [0.5, 0.6) is 0 Å². The van der Waals surface area contributed by atoms with Crippen molar-refractivity contribution in [2.45, 2.75) is 433 Å². The molecule has 0 aromatic carbocycles. The molecule has 0 fully saturated rings. The van der Waals surface area contributed by atoms with E-state index in [1.54, 1.807) is 0 Å². The van der Waals surface area contributed by atoms with Gasteiger partial charge >= 0.3 is 39.5 Å². The number of hydrogen-bond acceptors (Lipinski definition) is 15. The van der Waals surface area contributed by atoms with E-state index in [0.717, 1.165) is 114 Å². The van der Waals surface area contributed by atoms with E-state index in [2.05, 4.69) is 55.4 Å². The summed E-state index contributed by atoms with van der Waals surface area (Å²) in [4.78, 5) is 73.0. The third-order valence-corrected chi connectivity index (χ3v) is 21.4. The molecule has 3 N–H and O–H groups in total. The van der Waals surface area contributed by atoms with E-state index in [0.29, 0.717) is 25.7 Å². The minimum Gasteiger partial charge on any atom is -0.462 e. The van der Waals surface area contributed by atoms with E-state index >= 15 is 0 Å². The Morgan fingerprint density at radius 1 is 0.280 bits per heavy atom. The molecule has 0 aromatic heterocycles. The van der Waals surface area contributed by atoms with Crippen molar-refractivity contribution in [3.05, 3.63) is 0 Å². The summed E-state index contributed by atoms with van der Waals surface area (Å²) < 4.78 is 68.7. The standard InChI is InChI=1S/C81H158O17P2/c1-9-73(7)59-51-43-35-26-19-15-11-13-17-21-28-37-45-53-61-78(83)91-67-76(97-80(85)63-55-47-39-29-22-18-14-12-16-20-27-36-44-52-60-74(8)10-2)69-95-99(87,88)93-65-75(82)66-94-100(89,90)96-70-77(68-92-79(84)62-54-46-38-32-31-34-42-50-58-72(5)6)98-81(86)64-56-48-40-30-24-23-25-33-41-49-57-71(3)4/h71-77,82H,9-70H2,1-8H3,(H,87,88)(H,89,90)/t73?,74?,75?,76-,77-/m1/s1. The van der Waals surface area contributed by atoms with Crippen LogP contribution in [-0.2, 0) is 65.4 Å². The summed E-state index contributed by atoms with van der Waals surface area (Å²) in [5, 5.41) is 10.6. The van der Waals surface area contributed by atoms with Gasteiger partial charge in [0, 0.05) is 25.7 Å². The smallest absolute Gasteiger partial charge is 0.462 e. The zero-order chi connectivity index (χ0) is 73.8. The van der Waals surface area contributed by atoms with Crippen LogP contribution in [-0.4, -0.2) is 96.7 Å². The Morgan fingerprint density at radius 2 is 0.480 bits per heavy atom. The third-order valence-electron chi connectivity index (χ3n) is 19.5. The van der Waals surface area contributed by atoms with E-state index in [-0.39, 0.29) is 25.7 Å². The quantitative estimate of drug-likeness (QED) is 0.0222. The van der Waals surface area contributed by atoms with Gasteiger partial charge in [0.1, 0.15) is 19.3 Å². The van der Waals surface area contributed by atoms with Crippen molar-refractivity contribution in [2.75, 3.05) is 39.6 Å². The third kappa shape index (κ3) is 71.7. The highest BCUT2D eigenvalue weighted by Gasteiger charge is 2.30. The van der Waals surface area contributed by atoms with Gasteiger partial charge in [-0.05, 0) is 49.4 Å². The van der Waals surface area contributed by atoms with E-state index in [4.69, 9.17) is 37.0 Å². The molecule has 0 aromatic rings. The number of aliphatic hydroxyl groups is 1. The van der Waals surface area contributed by atoms with E-state index in [1.165, 1.54) is 218 Å². The first-order chi connectivity index (χ1) is 48.2. The lowest BCUT2D eigenvalue weighted by Crippen LogP contribution is -2.30. The second-order valence-electron chi connectivity index (χ2n) is 30.6. The Labute approximate surface area is 613 Å². The summed E-state index contributed by atoms with van der Waals surface area (Å²) in [6.07, 6.45) is 56.8. The molecule has 0 saturated carbocycles. The number of ether oxygens (including phenoxy) is 4. The maximum atomic E-state index is 13.1. The highest BCUT2D eigenvalue weighted by Crippen LogP contribution is 2.45. The lowest BCUT2D eigenvalue weighted by Gasteiger charge is -2.21. The summed E-state index contributed by atoms with van der Waals surface area (Å²) in [6, 6.07) is 0. The molecular weight excluding hydrogens is 1310 g/mol. The number of hydrogen-bond donors (Lipinski definition) is 3. The fourth-order valence-electron chi connectivity index (χ4n) is 12.4. The number of esters is 4. The lowest BCUT2D eigenvalue weighted by atomic mass is 9.99. The molecule has 0 aliphatic rings. The molecule has 5 unspecified atom stereocenters. The van der Waals surface area contributed by atoms with Crippen molar-refractivity contribution >= 4 is 39.5 Å². The number of aliphatic hydroxyl groups excluding tert-OH is 1. The van der Waals surface area contributed by atoms with E-state index in [9.17, 15) is 43.2 Å². The summed E-state index contributed by atoms with van der Waals surface area (Å²) in [5.74, 6) is 1.06. The molecule has 7 atom stereocenters. The number of phosphoric ester groups is 2. The normalized spacial score (nSPS) is 14.6. The molecule has 594 valence electrons. The predicted molar refractivity (Wildman–Crippen MR) is 409 cm³/mol. The van der Waals surface area contributed by atoms with Crippen LogP contribution >= 0.6 is 15.6 Å². The van der Waals surface area contributed by atoms with Crippen molar-refractivity contribution in [3.63, 3.8) is 0 Å². The molecule has 0 aliphatic heterocycles. The van der Waals surface area contributed by atoms with Crippen LogP contribution < -0.4 is 0 Å². The summed E-state index contributed by atoms with van der Waals surface area (Å²) in [7, 11) is -9.92. The van der Waals surface area contributed by atoms with Gasteiger partial charge in [-0.1, -0.05) is 364 Å². The van der Waals surface area contributed by atoms with Crippen molar-refractivity contribution in [3.8, 4) is 0 Å². The average molecular weight is 1470 g/mol. The van der Waals surface area contributed by atoms with Crippen molar-refractivity contribution in [2.24, 2.45) is 23.7 Å². The first-order valence-corrected chi connectivity index (χ1v) is 44.8. The maximum Gasteiger partial charge on any atom is 0.472 e. The van der Waals surface area contributed by atoms with Crippen LogP contribution in [0.3, 0.4) is 0 Å². The monoisotopic (exact) mass is 1470 g/mol. The van der Waals surface area contributed by atoms with E-state index < -0.39 is 97.5 Å². The Kier molecular flexibility index (Phi) is 68.7. The Morgan fingerprint density at radius 3 is 0.710 bits per heavy atom. The molecule has 19 heteroatoms. The number of unbranched alkanes of at least 4 members (excludes halogenated alkanes) is 42. The molecule has 0 bridgehead atoms. The molecule has 100 heavy (non-hydrogen) atoms. The van der Waals surface area contributed by atoms with Gasteiger partial charge < -0.3 is 33.8 Å². The van der Waals surface area contributed by atoms with Gasteiger partial charge in [-0.2, -0.15) is 0 Å². The van der Waals surface area contributed by atoms with Crippen LogP contribution in [0.25, 0.3) is 0 Å². The molecule has 0 aliphatic carbocycles. The lowest BCUT2D eigenvalue weighted by molar-refractivity contribution is -0.161. The number of carbonyl (C=O) groups is 4. The molecule has 17 nitrogen and oxygen atoms in total. The minimum atomic E-state index is -4.96. The van der Waals surface area contributed by atoms with Crippen LogP contribution in [0, 0.1) is 23.7 Å². The molecule has 0 heterocycles. The van der Waals surface area contributed by atoms with Crippen LogP contribution in [0.4, 0.5) is 0 Å². The summed E-state index contributed by atoms with van der Waals surface area (Å²) in [5.41, 5.74) is 0. The fourth-order valence-corrected chi connectivity index (χ4v) is 13.9. The Balaban J connectivity index is 5.26.